The predicted molar refractivity (Wildman–Crippen MR) is 130 cm³/mol. The molecule has 1 aliphatic rings. The van der Waals surface area contributed by atoms with Crippen LogP contribution in [0.4, 0.5) is 0 Å². The van der Waals surface area contributed by atoms with Gasteiger partial charge in [-0.3, -0.25) is 4.79 Å². The summed E-state index contributed by atoms with van der Waals surface area (Å²) < 4.78 is 6.45. The quantitative estimate of drug-likeness (QED) is 0.531. The lowest BCUT2D eigenvalue weighted by atomic mass is 9.95. The Kier molecular flexibility index (Phi) is 8.65. The Morgan fingerprint density at radius 2 is 1.59 bits per heavy atom. The van der Waals surface area contributed by atoms with E-state index in [9.17, 15) is 14.7 Å². The van der Waals surface area contributed by atoms with Crippen molar-refractivity contribution in [2.24, 2.45) is 5.92 Å². The minimum absolute atomic E-state index is 0.0000693. The zero-order chi connectivity index (χ0) is 23.1. The Balaban J connectivity index is 1.69. The number of aliphatic hydroxyl groups is 1. The van der Waals surface area contributed by atoms with Crippen LogP contribution in [0.5, 0.6) is 0 Å². The molecule has 2 N–H and O–H groups in total. The molecule has 0 aromatic heterocycles. The van der Waals surface area contributed by atoms with Gasteiger partial charge in [0.2, 0.25) is 5.91 Å². The Morgan fingerprint density at radius 1 is 1.00 bits per heavy atom. The van der Waals surface area contributed by atoms with Crippen LogP contribution in [-0.4, -0.2) is 54.4 Å². The molecule has 3 rings (SSSR count). The summed E-state index contributed by atoms with van der Waals surface area (Å²) in [6.07, 6.45) is 1.77. The maximum atomic E-state index is 13.2. The zero-order valence-corrected chi connectivity index (χ0v) is 20.5. The van der Waals surface area contributed by atoms with Gasteiger partial charge in [0, 0.05) is 18.6 Å². The molecule has 2 aromatic rings. The van der Waals surface area contributed by atoms with E-state index in [0.29, 0.717) is 6.54 Å². The fraction of sp³-hybridized carbons (Fsp3) is 0.500. The summed E-state index contributed by atoms with van der Waals surface area (Å²) in [5, 5.41) is 9.51. The van der Waals surface area contributed by atoms with Gasteiger partial charge in [-0.15, -0.1) is 0 Å². The van der Waals surface area contributed by atoms with Gasteiger partial charge in [-0.1, -0.05) is 67.6 Å². The average Bonchev–Trinajstić information content (AvgIpc) is 3.08. The molecule has 0 spiro atoms. The van der Waals surface area contributed by atoms with Gasteiger partial charge in [0.1, 0.15) is 0 Å². The maximum Gasteiger partial charge on any atom is 0.225 e. The normalized spacial score (nSPS) is 23.3. The minimum atomic E-state index is -2.54. The van der Waals surface area contributed by atoms with E-state index in [1.54, 1.807) is 4.90 Å². The number of hydrogen-bond donors (Lipinski definition) is 2. The molecule has 1 aliphatic heterocycles. The van der Waals surface area contributed by atoms with Crippen molar-refractivity contribution in [2.45, 2.75) is 63.6 Å². The number of aryl methyl sites for hydroxylation is 1. The molecule has 0 radical (unpaired) electrons. The van der Waals surface area contributed by atoms with Crippen LogP contribution in [0, 0.1) is 5.92 Å². The van der Waals surface area contributed by atoms with Gasteiger partial charge in [-0.25, -0.2) is 0 Å². The van der Waals surface area contributed by atoms with Gasteiger partial charge >= 0.3 is 0 Å². The number of benzene rings is 2. The van der Waals surface area contributed by atoms with E-state index in [1.807, 2.05) is 61.6 Å². The van der Waals surface area contributed by atoms with Gasteiger partial charge in [0.15, 0.2) is 8.32 Å². The summed E-state index contributed by atoms with van der Waals surface area (Å²) in [7, 11) is -2.54. The highest BCUT2D eigenvalue weighted by Crippen LogP contribution is 2.45. The molecule has 0 saturated carbocycles. The van der Waals surface area contributed by atoms with Crippen molar-refractivity contribution in [3.63, 3.8) is 0 Å². The second-order valence-corrected chi connectivity index (χ2v) is 13.5. The fourth-order valence-corrected chi connectivity index (χ4v) is 7.69. The third-order valence-corrected chi connectivity index (χ3v) is 9.12. The van der Waals surface area contributed by atoms with Crippen LogP contribution in [0.3, 0.4) is 0 Å². The summed E-state index contributed by atoms with van der Waals surface area (Å²) >= 11 is 0. The molecule has 1 saturated heterocycles. The molecule has 5 nitrogen and oxygen atoms in total. The van der Waals surface area contributed by atoms with E-state index in [0.717, 1.165) is 18.4 Å². The van der Waals surface area contributed by atoms with Gasteiger partial charge in [-0.05, 0) is 43.0 Å². The molecule has 6 heteroatoms. The molecule has 1 amide bonds. The van der Waals surface area contributed by atoms with Crippen molar-refractivity contribution >= 4 is 14.2 Å². The van der Waals surface area contributed by atoms with Crippen LogP contribution in [0.15, 0.2) is 60.7 Å². The molecule has 1 fully saturated rings. The number of ether oxygens (including phenoxy) is 1. The molecule has 174 valence electrons. The maximum absolute atomic E-state index is 13.2. The van der Waals surface area contributed by atoms with Crippen molar-refractivity contribution in [3.8, 4) is 0 Å². The first-order valence-corrected chi connectivity index (χ1v) is 14.7. The molecule has 4 atom stereocenters. The largest absolute Gasteiger partial charge is 0.432 e. The third-order valence-electron chi connectivity index (χ3n) is 6.59. The Morgan fingerprint density at radius 3 is 2.16 bits per heavy atom. The smallest absolute Gasteiger partial charge is 0.225 e. The van der Waals surface area contributed by atoms with E-state index in [-0.39, 0.29) is 49.1 Å². The molecule has 2 aromatic carbocycles. The minimum Gasteiger partial charge on any atom is -0.432 e. The average molecular weight is 456 g/mol. The van der Waals surface area contributed by atoms with E-state index in [4.69, 9.17) is 4.74 Å². The molecule has 1 heterocycles. The zero-order valence-electron chi connectivity index (χ0n) is 19.5. The van der Waals surface area contributed by atoms with Crippen LogP contribution < -0.4 is 0 Å². The highest BCUT2D eigenvalue weighted by molar-refractivity contribution is 6.71. The summed E-state index contributed by atoms with van der Waals surface area (Å²) in [6, 6.07) is 20.2. The molecule has 0 unspecified atom stereocenters. The van der Waals surface area contributed by atoms with Gasteiger partial charge in [-0.2, -0.15) is 0 Å². The topological polar surface area (TPSA) is 70.0 Å². The van der Waals surface area contributed by atoms with E-state index >= 15 is 0 Å². The van der Waals surface area contributed by atoms with E-state index < -0.39 is 8.32 Å². The van der Waals surface area contributed by atoms with Crippen LogP contribution >= 0.6 is 0 Å². The van der Waals surface area contributed by atoms with Crippen molar-refractivity contribution in [1.82, 2.24) is 4.90 Å². The number of hydrogen-bond acceptors (Lipinski definition) is 4. The van der Waals surface area contributed by atoms with Crippen molar-refractivity contribution in [2.75, 3.05) is 13.2 Å². The Hall–Kier alpha value is -1.99. The Bertz CT molecular complexity index is 840. The first kappa shape index (κ1) is 24.6. The van der Waals surface area contributed by atoms with Crippen LogP contribution in [0.1, 0.15) is 30.9 Å². The number of carbonyl (C=O) groups excluding carboxylic acids is 1. The highest BCUT2D eigenvalue weighted by atomic mass is 28.4. The summed E-state index contributed by atoms with van der Waals surface area (Å²) in [4.78, 5) is 26.0. The molecular weight excluding hydrogens is 418 g/mol. The first-order chi connectivity index (χ1) is 15.3. The number of carbonyl (C=O) groups is 1. The molecular formula is C26H37NO4Si. The summed E-state index contributed by atoms with van der Waals surface area (Å²) in [6.45, 7) is 6.73. The SMILES string of the molecule is C[C@@H]1[C@@H]([Si](C)(C)O)[C@H](CC(=O)N(CCO)Cc2ccccc2)O[C@@H]1CCc1ccccc1. The van der Waals surface area contributed by atoms with Crippen molar-refractivity contribution in [1.29, 1.82) is 0 Å². The first-order valence-electron chi connectivity index (χ1n) is 11.6. The van der Waals surface area contributed by atoms with Gasteiger partial charge in [0.25, 0.3) is 0 Å². The second-order valence-electron chi connectivity index (χ2n) is 9.50. The lowest BCUT2D eigenvalue weighted by Crippen LogP contribution is -2.42. The monoisotopic (exact) mass is 455 g/mol. The van der Waals surface area contributed by atoms with Gasteiger partial charge in [0.05, 0.1) is 25.2 Å². The van der Waals surface area contributed by atoms with E-state index in [2.05, 4.69) is 19.1 Å². The number of amides is 1. The van der Waals surface area contributed by atoms with Crippen LogP contribution in [0.25, 0.3) is 0 Å². The third kappa shape index (κ3) is 6.51. The van der Waals surface area contributed by atoms with E-state index in [1.165, 1.54) is 5.56 Å². The summed E-state index contributed by atoms with van der Waals surface area (Å²) in [5.74, 6) is 0.163. The molecule has 32 heavy (non-hydrogen) atoms. The lowest BCUT2D eigenvalue weighted by molar-refractivity contribution is -0.135. The standard InChI is InChI=1S/C26H37NO4Si/c1-20-23(15-14-21-10-6-4-7-11-21)31-24(26(20)32(2,3)30)18-25(29)27(16-17-28)19-22-12-8-5-9-13-22/h4-13,20,23-24,26,28,30H,14-19H2,1-3H3/t20-,23+,24-,26+/m0/s1. The van der Waals surface area contributed by atoms with Crippen LogP contribution in [-0.2, 0) is 22.5 Å². The molecule has 0 bridgehead atoms. The van der Waals surface area contributed by atoms with Gasteiger partial charge < -0.3 is 19.5 Å². The number of nitrogens with zero attached hydrogens (tertiary/aromatic N) is 1. The Labute approximate surface area is 193 Å². The van der Waals surface area contributed by atoms with Crippen molar-refractivity contribution in [3.05, 3.63) is 71.8 Å². The highest BCUT2D eigenvalue weighted by Gasteiger charge is 2.50. The second kappa shape index (κ2) is 11.2. The molecule has 0 aliphatic carbocycles. The lowest BCUT2D eigenvalue weighted by Gasteiger charge is -2.31. The summed E-state index contributed by atoms with van der Waals surface area (Å²) in [5.41, 5.74) is 2.31. The predicted octanol–water partition coefficient (Wildman–Crippen LogP) is 4.00. The van der Waals surface area contributed by atoms with Crippen molar-refractivity contribution < 1.29 is 19.4 Å². The number of aliphatic hydroxyl groups excluding tert-OH is 1. The number of rotatable bonds is 10. The van der Waals surface area contributed by atoms with Crippen LogP contribution in [0.2, 0.25) is 18.6 Å². The fourth-order valence-electron chi connectivity index (χ4n) is 5.08.